The van der Waals surface area contributed by atoms with Gasteiger partial charge in [0.1, 0.15) is 0 Å². The van der Waals surface area contributed by atoms with Gasteiger partial charge < -0.3 is 13.9 Å². The zero-order valence-corrected chi connectivity index (χ0v) is 26.0. The summed E-state index contributed by atoms with van der Waals surface area (Å²) in [4.78, 5) is 25.2. The third-order valence-corrected chi connectivity index (χ3v) is 7.50. The maximum Gasteiger partial charge on any atom is 0.311 e. The van der Waals surface area contributed by atoms with Gasteiger partial charge in [-0.3, -0.25) is 9.59 Å². The van der Waals surface area contributed by atoms with Gasteiger partial charge in [0.2, 0.25) is 11.5 Å². The molecule has 5 heteroatoms. The summed E-state index contributed by atoms with van der Waals surface area (Å²) in [6.07, 6.45) is 26.3. The lowest BCUT2D eigenvalue weighted by atomic mass is 10.1. The van der Waals surface area contributed by atoms with Crippen molar-refractivity contribution in [3.63, 3.8) is 0 Å². The third kappa shape index (κ3) is 16.8. The van der Waals surface area contributed by atoms with Crippen molar-refractivity contribution in [1.29, 1.82) is 0 Å². The average Bonchev–Trinajstić information content (AvgIpc) is 3.26. The van der Waals surface area contributed by atoms with Crippen LogP contribution >= 0.6 is 0 Å². The molecule has 0 amide bonds. The molecule has 0 fully saturated rings. The summed E-state index contributed by atoms with van der Waals surface area (Å²) in [5, 5.41) is 0. The molecule has 0 bridgehead atoms. The number of rotatable bonds is 26. The summed E-state index contributed by atoms with van der Waals surface area (Å²) < 4.78 is 17.4. The Morgan fingerprint density at radius 3 is 1.03 bits per heavy atom. The first-order valence-corrected chi connectivity index (χ1v) is 16.6. The molecule has 0 aliphatic carbocycles. The lowest BCUT2D eigenvalue weighted by Gasteiger charge is -2.09. The van der Waals surface area contributed by atoms with Gasteiger partial charge in [-0.2, -0.15) is 0 Å². The number of aryl methyl sites for hydroxylation is 2. The van der Waals surface area contributed by atoms with Gasteiger partial charge in [-0.1, -0.05) is 143 Å². The molecule has 0 atom stereocenters. The first kappa shape index (κ1) is 35.2. The summed E-state index contributed by atoms with van der Waals surface area (Å²) in [5.74, 6) is 1.21. The highest BCUT2D eigenvalue weighted by molar-refractivity contribution is 5.77. The van der Waals surface area contributed by atoms with E-state index in [1.165, 1.54) is 89.9 Å². The molecule has 0 aliphatic rings. The predicted octanol–water partition coefficient (Wildman–Crippen LogP) is 10.8. The molecule has 0 N–H and O–H groups in total. The standard InChI is InChI=1S/C34H60O5/c1-5-9-11-13-15-17-19-21-23-25-27-31(35)38-33-29(7-3)37-30(8-4)34(33)39-32(36)28-26-24-22-20-18-16-14-12-10-6-2/h5-28H2,1-4H3. The zero-order chi connectivity index (χ0) is 28.6. The second-order valence-electron chi connectivity index (χ2n) is 11.1. The molecule has 1 aromatic rings. The highest BCUT2D eigenvalue weighted by atomic mass is 16.6. The number of hydrogen-bond donors (Lipinski definition) is 0. The fourth-order valence-corrected chi connectivity index (χ4v) is 5.01. The van der Waals surface area contributed by atoms with E-state index in [0.717, 1.165) is 38.5 Å². The lowest BCUT2D eigenvalue weighted by molar-refractivity contribution is -0.137. The van der Waals surface area contributed by atoms with Crippen molar-refractivity contribution in [2.24, 2.45) is 0 Å². The monoisotopic (exact) mass is 548 g/mol. The molecule has 0 saturated heterocycles. The number of hydrogen-bond acceptors (Lipinski definition) is 5. The lowest BCUT2D eigenvalue weighted by Crippen LogP contribution is -2.12. The average molecular weight is 549 g/mol. The van der Waals surface area contributed by atoms with E-state index >= 15 is 0 Å². The van der Waals surface area contributed by atoms with Crippen LogP contribution in [0.1, 0.15) is 180 Å². The highest BCUT2D eigenvalue weighted by Crippen LogP contribution is 2.39. The van der Waals surface area contributed by atoms with E-state index in [0.29, 0.717) is 48.7 Å². The Balaban J connectivity index is 2.38. The molecule has 0 aliphatic heterocycles. The van der Waals surface area contributed by atoms with Gasteiger partial charge in [0.15, 0.2) is 11.5 Å². The smallest absolute Gasteiger partial charge is 0.311 e. The Hall–Kier alpha value is -1.78. The minimum absolute atomic E-state index is 0.278. The number of esters is 2. The highest BCUT2D eigenvalue weighted by Gasteiger charge is 2.25. The van der Waals surface area contributed by atoms with E-state index in [9.17, 15) is 9.59 Å². The molecule has 1 heterocycles. The Kier molecular flexibility index (Phi) is 21.7. The van der Waals surface area contributed by atoms with Gasteiger partial charge in [-0.25, -0.2) is 0 Å². The number of unbranched alkanes of at least 4 members (excludes halogenated alkanes) is 18. The van der Waals surface area contributed by atoms with Gasteiger partial charge in [-0.05, 0) is 12.8 Å². The van der Waals surface area contributed by atoms with Crippen molar-refractivity contribution >= 4 is 11.9 Å². The topological polar surface area (TPSA) is 65.7 Å². The van der Waals surface area contributed by atoms with E-state index < -0.39 is 0 Å². The molecule has 1 aromatic heterocycles. The van der Waals surface area contributed by atoms with Gasteiger partial charge >= 0.3 is 11.9 Å². The minimum Gasteiger partial charge on any atom is -0.458 e. The molecular formula is C34H60O5. The van der Waals surface area contributed by atoms with Crippen LogP contribution in [-0.4, -0.2) is 11.9 Å². The molecule has 0 spiro atoms. The van der Waals surface area contributed by atoms with Crippen LogP contribution in [0.5, 0.6) is 11.5 Å². The zero-order valence-electron chi connectivity index (χ0n) is 26.0. The van der Waals surface area contributed by atoms with E-state index in [1.54, 1.807) is 0 Å². The van der Waals surface area contributed by atoms with Crippen LogP contribution < -0.4 is 9.47 Å². The van der Waals surface area contributed by atoms with Crippen molar-refractivity contribution in [2.75, 3.05) is 0 Å². The molecule has 1 rings (SSSR count). The van der Waals surface area contributed by atoms with E-state index in [1.807, 2.05) is 13.8 Å². The fourth-order valence-electron chi connectivity index (χ4n) is 5.01. The van der Waals surface area contributed by atoms with Crippen LogP contribution in [0.2, 0.25) is 0 Å². The minimum atomic E-state index is -0.278. The molecule has 39 heavy (non-hydrogen) atoms. The summed E-state index contributed by atoms with van der Waals surface area (Å²) in [7, 11) is 0. The van der Waals surface area contributed by atoms with E-state index in [2.05, 4.69) is 13.8 Å². The molecule has 0 radical (unpaired) electrons. The number of furan rings is 1. The van der Waals surface area contributed by atoms with Gasteiger partial charge in [0.05, 0.1) is 0 Å². The van der Waals surface area contributed by atoms with E-state index in [4.69, 9.17) is 13.9 Å². The summed E-state index contributed by atoms with van der Waals surface area (Å²) in [6, 6.07) is 0. The van der Waals surface area contributed by atoms with Crippen LogP contribution in [0, 0.1) is 0 Å². The van der Waals surface area contributed by atoms with Crippen molar-refractivity contribution in [1.82, 2.24) is 0 Å². The number of carbonyl (C=O) groups is 2. The van der Waals surface area contributed by atoms with Gasteiger partial charge in [0, 0.05) is 25.7 Å². The van der Waals surface area contributed by atoms with Crippen LogP contribution in [0.4, 0.5) is 0 Å². The van der Waals surface area contributed by atoms with E-state index in [-0.39, 0.29) is 11.9 Å². The Labute approximate surface area is 240 Å². The summed E-state index contributed by atoms with van der Waals surface area (Å²) in [5.41, 5.74) is 0. The van der Waals surface area contributed by atoms with Crippen LogP contribution in [0.3, 0.4) is 0 Å². The predicted molar refractivity (Wildman–Crippen MR) is 162 cm³/mol. The molecule has 5 nitrogen and oxygen atoms in total. The quantitative estimate of drug-likeness (QED) is 0.0850. The van der Waals surface area contributed by atoms with Gasteiger partial charge in [0.25, 0.3) is 0 Å². The van der Waals surface area contributed by atoms with Crippen molar-refractivity contribution < 1.29 is 23.5 Å². The Morgan fingerprint density at radius 1 is 0.462 bits per heavy atom. The molecule has 0 unspecified atom stereocenters. The third-order valence-electron chi connectivity index (χ3n) is 7.50. The first-order valence-electron chi connectivity index (χ1n) is 16.6. The summed E-state index contributed by atoms with van der Waals surface area (Å²) >= 11 is 0. The Bertz CT molecular complexity index is 691. The normalized spacial score (nSPS) is 11.2. The molecule has 0 saturated carbocycles. The molecule has 0 aromatic carbocycles. The second kappa shape index (κ2) is 24.1. The first-order chi connectivity index (χ1) is 19.1. The van der Waals surface area contributed by atoms with Crippen LogP contribution in [0.15, 0.2) is 4.42 Å². The summed E-state index contributed by atoms with van der Waals surface area (Å²) in [6.45, 7) is 8.40. The number of ether oxygens (including phenoxy) is 2. The second-order valence-corrected chi connectivity index (χ2v) is 11.1. The Morgan fingerprint density at radius 2 is 0.744 bits per heavy atom. The fraction of sp³-hybridized carbons (Fsp3) is 0.824. The van der Waals surface area contributed by atoms with Crippen LogP contribution in [-0.2, 0) is 22.4 Å². The largest absolute Gasteiger partial charge is 0.458 e. The number of carbonyl (C=O) groups excluding carboxylic acids is 2. The maximum absolute atomic E-state index is 12.6. The van der Waals surface area contributed by atoms with Crippen LogP contribution in [0.25, 0.3) is 0 Å². The molecular weight excluding hydrogens is 488 g/mol. The van der Waals surface area contributed by atoms with Crippen molar-refractivity contribution in [3.05, 3.63) is 11.5 Å². The SMILES string of the molecule is CCCCCCCCCCCCC(=O)Oc1c(CC)oc(CC)c1OC(=O)CCCCCCCCCCCC. The van der Waals surface area contributed by atoms with Crippen molar-refractivity contribution in [2.45, 2.75) is 182 Å². The van der Waals surface area contributed by atoms with Gasteiger partial charge in [-0.15, -0.1) is 0 Å². The van der Waals surface area contributed by atoms with Crippen molar-refractivity contribution in [3.8, 4) is 11.5 Å². The molecule has 226 valence electrons. The maximum atomic E-state index is 12.6.